The Labute approximate surface area is 154 Å². The van der Waals surface area contributed by atoms with Crippen molar-refractivity contribution in [2.75, 3.05) is 32.7 Å². The molecule has 2 heterocycles. The fourth-order valence-electron chi connectivity index (χ4n) is 3.88. The summed E-state index contributed by atoms with van der Waals surface area (Å²) >= 11 is 0. The van der Waals surface area contributed by atoms with Crippen molar-refractivity contribution in [3.63, 3.8) is 0 Å². The van der Waals surface area contributed by atoms with E-state index in [0.717, 1.165) is 5.56 Å². The number of halogens is 1. The Bertz CT molecular complexity index is 739. The molecule has 0 saturated carbocycles. The van der Waals surface area contributed by atoms with Crippen LogP contribution in [0.15, 0.2) is 24.3 Å². The van der Waals surface area contributed by atoms with E-state index in [1.165, 1.54) is 12.1 Å². The van der Waals surface area contributed by atoms with E-state index in [2.05, 4.69) is 5.32 Å². The van der Waals surface area contributed by atoms with Gasteiger partial charge in [-0.3, -0.25) is 0 Å². The topological polar surface area (TPSA) is 69.7 Å². The minimum Gasteiger partial charge on any atom is -0.338 e. The zero-order valence-corrected chi connectivity index (χ0v) is 15.8. The Kier molecular flexibility index (Phi) is 5.82. The highest BCUT2D eigenvalue weighted by atomic mass is 32.2. The molecule has 1 aromatic rings. The molecule has 3 rings (SSSR count). The largest absolute Gasteiger partial charge is 0.338 e. The highest BCUT2D eigenvalue weighted by Crippen LogP contribution is 2.33. The lowest BCUT2D eigenvalue weighted by atomic mass is 10.0. The Morgan fingerprint density at radius 3 is 2.62 bits per heavy atom. The van der Waals surface area contributed by atoms with Crippen molar-refractivity contribution in [1.29, 1.82) is 0 Å². The minimum atomic E-state index is -3.22. The van der Waals surface area contributed by atoms with Crippen LogP contribution in [0.4, 0.5) is 9.18 Å². The summed E-state index contributed by atoms with van der Waals surface area (Å²) in [7, 11) is -3.22. The van der Waals surface area contributed by atoms with Crippen LogP contribution < -0.4 is 5.32 Å². The molecule has 2 atom stereocenters. The number of carbonyl (C=O) groups is 1. The van der Waals surface area contributed by atoms with Gasteiger partial charge in [0.05, 0.1) is 5.25 Å². The Morgan fingerprint density at radius 2 is 1.92 bits per heavy atom. The standard InChI is InChI=1S/C18H26FN3O3S/c1-2-22-13-15-8-11-21(12-9-17(15)26(22,24)25)18(23)20-10-7-14-3-5-16(19)6-4-14/h3-6,15,17H,2,7-13H2,1H3,(H,20,23)/t15-,17-/m1/s1. The first-order valence-corrected chi connectivity index (χ1v) is 10.7. The number of hydrogen-bond acceptors (Lipinski definition) is 3. The molecule has 8 heteroatoms. The SMILES string of the molecule is CCN1C[C@H]2CCN(C(=O)NCCc3ccc(F)cc3)CC[C@H]2S1(=O)=O. The average Bonchev–Trinajstić information content (AvgIpc) is 2.76. The number of amides is 2. The monoisotopic (exact) mass is 383 g/mol. The first-order valence-electron chi connectivity index (χ1n) is 9.18. The molecule has 0 bridgehead atoms. The van der Waals surface area contributed by atoms with E-state index in [1.807, 2.05) is 6.92 Å². The smallest absolute Gasteiger partial charge is 0.317 e. The van der Waals surface area contributed by atoms with Crippen molar-refractivity contribution in [2.24, 2.45) is 5.92 Å². The lowest BCUT2D eigenvalue weighted by Crippen LogP contribution is -2.42. The van der Waals surface area contributed by atoms with Gasteiger partial charge in [0.2, 0.25) is 10.0 Å². The van der Waals surface area contributed by atoms with E-state index in [1.54, 1.807) is 21.3 Å². The van der Waals surface area contributed by atoms with Crippen molar-refractivity contribution in [3.05, 3.63) is 35.6 Å². The summed E-state index contributed by atoms with van der Waals surface area (Å²) in [6.45, 7) is 4.46. The highest BCUT2D eigenvalue weighted by molar-refractivity contribution is 7.90. The van der Waals surface area contributed by atoms with Crippen molar-refractivity contribution in [2.45, 2.75) is 31.4 Å². The zero-order valence-electron chi connectivity index (χ0n) is 15.0. The summed E-state index contributed by atoms with van der Waals surface area (Å²) in [5.41, 5.74) is 0.961. The van der Waals surface area contributed by atoms with E-state index in [9.17, 15) is 17.6 Å². The number of hydrogen-bond donors (Lipinski definition) is 1. The molecule has 1 aromatic carbocycles. The van der Waals surface area contributed by atoms with Crippen molar-refractivity contribution >= 4 is 16.1 Å². The number of rotatable bonds is 4. The fraction of sp³-hybridized carbons (Fsp3) is 0.611. The summed E-state index contributed by atoms with van der Waals surface area (Å²) in [5.74, 6) is -0.165. The molecule has 1 N–H and O–H groups in total. The van der Waals surface area contributed by atoms with E-state index in [-0.39, 0.29) is 23.0 Å². The zero-order chi connectivity index (χ0) is 18.7. The molecular formula is C18H26FN3O3S. The van der Waals surface area contributed by atoms with Crippen molar-refractivity contribution in [1.82, 2.24) is 14.5 Å². The highest BCUT2D eigenvalue weighted by Gasteiger charge is 2.46. The summed E-state index contributed by atoms with van der Waals surface area (Å²) in [6, 6.07) is 6.07. The number of urea groups is 1. The lowest BCUT2D eigenvalue weighted by Gasteiger charge is -2.22. The maximum Gasteiger partial charge on any atom is 0.317 e. The predicted molar refractivity (Wildman–Crippen MR) is 97.8 cm³/mol. The van der Waals surface area contributed by atoms with Crippen LogP contribution in [-0.4, -0.2) is 61.6 Å². The van der Waals surface area contributed by atoms with Gasteiger partial charge in [-0.25, -0.2) is 21.9 Å². The van der Waals surface area contributed by atoms with Gasteiger partial charge < -0.3 is 10.2 Å². The van der Waals surface area contributed by atoms with Gasteiger partial charge in [0.15, 0.2) is 0 Å². The second-order valence-corrected chi connectivity index (χ2v) is 9.12. The molecule has 0 radical (unpaired) electrons. The number of carbonyl (C=O) groups excluding carboxylic acids is 1. The maximum absolute atomic E-state index is 12.9. The quantitative estimate of drug-likeness (QED) is 0.862. The Balaban J connectivity index is 1.50. The third-order valence-corrected chi connectivity index (χ3v) is 7.92. The molecule has 0 aliphatic carbocycles. The first kappa shape index (κ1) is 19.1. The van der Waals surface area contributed by atoms with E-state index in [4.69, 9.17) is 0 Å². The molecule has 0 unspecified atom stereocenters. The fourth-order valence-corrected chi connectivity index (χ4v) is 6.14. The van der Waals surface area contributed by atoms with Crippen LogP contribution >= 0.6 is 0 Å². The molecule has 0 spiro atoms. The average molecular weight is 383 g/mol. The van der Waals surface area contributed by atoms with E-state index < -0.39 is 10.0 Å². The lowest BCUT2D eigenvalue weighted by molar-refractivity contribution is 0.198. The van der Waals surface area contributed by atoms with Crippen LogP contribution in [0, 0.1) is 11.7 Å². The molecule has 6 nitrogen and oxygen atoms in total. The minimum absolute atomic E-state index is 0.108. The second kappa shape index (κ2) is 7.92. The van der Waals surface area contributed by atoms with Gasteiger partial charge in [0.1, 0.15) is 5.82 Å². The number of nitrogens with zero attached hydrogens (tertiary/aromatic N) is 2. The number of benzene rings is 1. The van der Waals surface area contributed by atoms with Gasteiger partial charge in [0, 0.05) is 32.7 Å². The molecule has 2 fully saturated rings. The van der Waals surface area contributed by atoms with Crippen LogP contribution in [0.5, 0.6) is 0 Å². The molecule has 2 amide bonds. The van der Waals surface area contributed by atoms with Crippen LogP contribution in [0.3, 0.4) is 0 Å². The van der Waals surface area contributed by atoms with Crippen molar-refractivity contribution < 1.29 is 17.6 Å². The normalized spacial score (nSPS) is 25.5. The van der Waals surface area contributed by atoms with Gasteiger partial charge in [-0.05, 0) is 42.9 Å². The third-order valence-electron chi connectivity index (χ3n) is 5.40. The number of likely N-dealkylation sites (tertiary alicyclic amines) is 1. The molecule has 2 aliphatic heterocycles. The molecule has 2 saturated heterocycles. The molecule has 26 heavy (non-hydrogen) atoms. The Hall–Kier alpha value is -1.67. The van der Waals surface area contributed by atoms with Crippen LogP contribution in [-0.2, 0) is 16.4 Å². The van der Waals surface area contributed by atoms with Gasteiger partial charge in [-0.1, -0.05) is 19.1 Å². The number of fused-ring (bicyclic) bond motifs is 1. The number of sulfonamides is 1. The van der Waals surface area contributed by atoms with Crippen LogP contribution in [0.1, 0.15) is 25.3 Å². The summed E-state index contributed by atoms with van der Waals surface area (Å²) < 4.78 is 39.5. The van der Waals surface area contributed by atoms with Gasteiger partial charge in [-0.15, -0.1) is 0 Å². The predicted octanol–water partition coefficient (Wildman–Crippen LogP) is 1.82. The summed E-state index contributed by atoms with van der Waals surface area (Å²) in [5, 5.41) is 2.52. The first-order chi connectivity index (χ1) is 12.4. The molecule has 2 aliphatic rings. The van der Waals surface area contributed by atoms with Crippen LogP contribution in [0.25, 0.3) is 0 Å². The third kappa shape index (κ3) is 4.01. The van der Waals surface area contributed by atoms with Crippen molar-refractivity contribution in [3.8, 4) is 0 Å². The molecule has 0 aromatic heterocycles. The Morgan fingerprint density at radius 1 is 1.23 bits per heavy atom. The van der Waals surface area contributed by atoms with Gasteiger partial charge >= 0.3 is 6.03 Å². The maximum atomic E-state index is 12.9. The van der Waals surface area contributed by atoms with E-state index in [0.29, 0.717) is 52.0 Å². The summed E-state index contributed by atoms with van der Waals surface area (Å²) in [4.78, 5) is 14.1. The summed E-state index contributed by atoms with van der Waals surface area (Å²) in [6.07, 6.45) is 1.84. The van der Waals surface area contributed by atoms with Crippen LogP contribution in [0.2, 0.25) is 0 Å². The van der Waals surface area contributed by atoms with Gasteiger partial charge in [-0.2, -0.15) is 0 Å². The molecule has 144 valence electrons. The van der Waals surface area contributed by atoms with Gasteiger partial charge in [0.25, 0.3) is 0 Å². The van der Waals surface area contributed by atoms with E-state index >= 15 is 0 Å². The second-order valence-electron chi connectivity index (χ2n) is 6.97. The number of nitrogens with one attached hydrogen (secondary N) is 1. The molecular weight excluding hydrogens is 357 g/mol.